The molecule has 2 aromatic rings. The van der Waals surface area contributed by atoms with E-state index < -0.39 is 21.2 Å². The third-order valence-electron chi connectivity index (χ3n) is 5.77. The van der Waals surface area contributed by atoms with Crippen LogP contribution in [-0.4, -0.2) is 24.7 Å². The molecule has 0 fully saturated rings. The smallest absolute Gasteiger partial charge is 0.273 e. The molecular weight excluding hydrogens is 474 g/mol. The fourth-order valence-corrected chi connectivity index (χ4v) is 4.85. The second kappa shape index (κ2) is 13.6. The lowest BCUT2D eigenvalue weighted by Gasteiger charge is -2.26. The van der Waals surface area contributed by atoms with Crippen molar-refractivity contribution in [2.75, 3.05) is 10.7 Å². The van der Waals surface area contributed by atoms with E-state index in [0.717, 1.165) is 30.7 Å². The number of phenols is 1. The van der Waals surface area contributed by atoms with E-state index in [0.29, 0.717) is 6.42 Å². The van der Waals surface area contributed by atoms with Crippen molar-refractivity contribution in [2.45, 2.75) is 76.9 Å². The Labute approximate surface area is 208 Å². The number of nitrogen functional groups attached to an aromatic ring is 1. The summed E-state index contributed by atoms with van der Waals surface area (Å²) in [5.41, 5.74) is 5.99. The predicted octanol–water partition coefficient (Wildman–Crippen LogP) is 6.03. The summed E-state index contributed by atoms with van der Waals surface area (Å²) in [5.74, 6) is -1.02. The number of rotatable bonds is 14. The van der Waals surface area contributed by atoms with E-state index >= 15 is 0 Å². The van der Waals surface area contributed by atoms with Gasteiger partial charge in [-0.05, 0) is 31.5 Å². The number of carbonyl (C=O) groups excluding carboxylic acids is 1. The van der Waals surface area contributed by atoms with Crippen molar-refractivity contribution in [3.8, 4) is 5.75 Å². The largest absolute Gasteiger partial charge is 0.506 e. The zero-order valence-electron chi connectivity index (χ0n) is 20.0. The molecule has 0 saturated carbocycles. The molecule has 0 aromatic heterocycles. The number of unbranched alkanes of at least 4 members (excludes halogenated alkanes) is 7. The van der Waals surface area contributed by atoms with Crippen molar-refractivity contribution in [3.05, 3.63) is 53.1 Å². The van der Waals surface area contributed by atoms with E-state index in [4.69, 9.17) is 17.3 Å². The summed E-state index contributed by atoms with van der Waals surface area (Å²) in [6.45, 7) is 3.80. The first-order valence-corrected chi connectivity index (χ1v) is 13.8. The van der Waals surface area contributed by atoms with Crippen molar-refractivity contribution >= 4 is 38.9 Å². The Morgan fingerprint density at radius 3 is 2.26 bits per heavy atom. The molecule has 0 bridgehead atoms. The Morgan fingerprint density at radius 1 is 1.06 bits per heavy atom. The van der Waals surface area contributed by atoms with E-state index in [1.165, 1.54) is 37.8 Å². The van der Waals surface area contributed by atoms with Crippen LogP contribution in [-0.2, 0) is 10.0 Å². The lowest BCUT2D eigenvalue weighted by atomic mass is 10.1. The summed E-state index contributed by atoms with van der Waals surface area (Å²) >= 11 is 6.10. The lowest BCUT2D eigenvalue weighted by molar-refractivity contribution is 0.0980. The Hall–Kier alpha value is -2.29. The third-order valence-corrected chi connectivity index (χ3v) is 7.83. The third kappa shape index (κ3) is 8.18. The first-order chi connectivity index (χ1) is 16.2. The van der Waals surface area contributed by atoms with Gasteiger partial charge in [0.1, 0.15) is 11.4 Å². The number of nitrogens with two attached hydrogens (primary N) is 1. The first kappa shape index (κ1) is 28.0. The fraction of sp³-hybridized carbons (Fsp3) is 0.480. The summed E-state index contributed by atoms with van der Waals surface area (Å²) in [6.07, 6.45) is 9.39. The molecule has 1 atom stereocenters. The van der Waals surface area contributed by atoms with Gasteiger partial charge in [-0.2, -0.15) is 0 Å². The predicted molar refractivity (Wildman–Crippen MR) is 140 cm³/mol. The van der Waals surface area contributed by atoms with Crippen LogP contribution >= 0.6 is 11.6 Å². The average Bonchev–Trinajstić information content (AvgIpc) is 2.81. The molecule has 7 nitrogen and oxygen atoms in total. The summed E-state index contributed by atoms with van der Waals surface area (Å²) in [7, 11) is -3.94. The van der Waals surface area contributed by atoms with Crippen molar-refractivity contribution < 1.29 is 18.3 Å². The Morgan fingerprint density at radius 2 is 1.65 bits per heavy atom. The normalized spacial score (nSPS) is 12.4. The molecular formula is C25H36ClN3O4S. The lowest BCUT2D eigenvalue weighted by Crippen LogP contribution is -2.49. The summed E-state index contributed by atoms with van der Waals surface area (Å²) in [4.78, 5) is 15.6. The molecule has 1 amide bonds. The maximum absolute atomic E-state index is 13.2. The van der Waals surface area contributed by atoms with E-state index in [1.807, 2.05) is 0 Å². The number of carbonyl (C=O) groups is 1. The van der Waals surface area contributed by atoms with Crippen LogP contribution in [0.1, 0.15) is 82.0 Å². The van der Waals surface area contributed by atoms with Crippen LogP contribution in [0.2, 0.25) is 5.02 Å². The summed E-state index contributed by atoms with van der Waals surface area (Å²) < 4.78 is 26.2. The van der Waals surface area contributed by atoms with Crippen molar-refractivity contribution in [3.63, 3.8) is 0 Å². The Kier molecular flexibility index (Phi) is 11.1. The highest BCUT2D eigenvalue weighted by atomic mass is 35.5. The molecule has 1 unspecified atom stereocenters. The van der Waals surface area contributed by atoms with Gasteiger partial charge in [-0.25, -0.2) is 13.4 Å². The van der Waals surface area contributed by atoms with Crippen LogP contribution in [0.3, 0.4) is 0 Å². The molecule has 0 radical (unpaired) electrons. The zero-order chi connectivity index (χ0) is 25.1. The average molecular weight is 510 g/mol. The van der Waals surface area contributed by atoms with Crippen LogP contribution < -0.4 is 15.6 Å². The number of anilines is 2. The Balaban J connectivity index is 2.12. The number of hydrogen-bond acceptors (Lipinski definition) is 5. The van der Waals surface area contributed by atoms with Gasteiger partial charge in [0, 0.05) is 11.6 Å². The van der Waals surface area contributed by atoms with E-state index in [2.05, 4.69) is 11.8 Å². The van der Waals surface area contributed by atoms with Crippen LogP contribution in [0.25, 0.3) is 0 Å². The first-order valence-electron chi connectivity index (χ1n) is 11.9. The highest BCUT2D eigenvalue weighted by Gasteiger charge is 2.29. The minimum atomic E-state index is -3.94. The van der Waals surface area contributed by atoms with Crippen molar-refractivity contribution in [1.82, 2.24) is 4.83 Å². The minimum absolute atomic E-state index is 0.0878. The molecule has 0 heterocycles. The number of halogens is 1. The quantitative estimate of drug-likeness (QED) is 0.163. The second-order valence-electron chi connectivity index (χ2n) is 8.58. The monoisotopic (exact) mass is 509 g/mol. The summed E-state index contributed by atoms with van der Waals surface area (Å²) in [6, 6.07) is 10.6. The van der Waals surface area contributed by atoms with E-state index in [1.54, 1.807) is 37.3 Å². The van der Waals surface area contributed by atoms with Gasteiger partial charge in [0.05, 0.1) is 16.0 Å². The van der Waals surface area contributed by atoms with Gasteiger partial charge in [-0.3, -0.25) is 4.79 Å². The van der Waals surface area contributed by atoms with Gasteiger partial charge in [0.25, 0.3) is 5.91 Å². The number of hydrogen-bond donors (Lipinski definition) is 3. The minimum Gasteiger partial charge on any atom is -0.506 e. The number of amides is 1. The van der Waals surface area contributed by atoms with Crippen LogP contribution in [0, 0.1) is 0 Å². The van der Waals surface area contributed by atoms with Crippen LogP contribution in [0.15, 0.2) is 42.5 Å². The van der Waals surface area contributed by atoms with Gasteiger partial charge in [-0.1, -0.05) is 88.1 Å². The maximum Gasteiger partial charge on any atom is 0.273 e. The molecule has 188 valence electrons. The van der Waals surface area contributed by atoms with E-state index in [-0.39, 0.29) is 27.7 Å². The number of aromatic hydroxyl groups is 1. The Bertz CT molecular complexity index is 1030. The number of nitrogens with one attached hydrogen (secondary N) is 1. The molecule has 2 rings (SSSR count). The second-order valence-corrected chi connectivity index (χ2v) is 11.1. The number of nitrogens with zero attached hydrogens (tertiary/aromatic N) is 1. The van der Waals surface area contributed by atoms with E-state index in [9.17, 15) is 18.3 Å². The number of phenolic OH excluding ortho intramolecular Hbond substituents is 1. The number of benzene rings is 2. The van der Waals surface area contributed by atoms with Gasteiger partial charge < -0.3 is 10.8 Å². The molecule has 9 heteroatoms. The maximum atomic E-state index is 13.2. The standard InChI is InChI=1S/C25H36ClN3O4S/c1-3-4-5-6-7-8-9-11-14-19(2)34(32,33)28-29(25(31)20-15-12-10-13-16-20)23-17-21(26)22(27)18-24(23)30/h10,12-13,15-19,28,30H,3-9,11,14,27H2,1-2H3. The molecule has 0 saturated heterocycles. The van der Waals surface area contributed by atoms with Gasteiger partial charge in [0.15, 0.2) is 0 Å². The highest BCUT2D eigenvalue weighted by Crippen LogP contribution is 2.35. The molecule has 0 aliphatic rings. The van der Waals surface area contributed by atoms with Crippen LogP contribution in [0.5, 0.6) is 5.75 Å². The molecule has 4 N–H and O–H groups in total. The molecule has 0 spiro atoms. The molecule has 2 aromatic carbocycles. The molecule has 0 aliphatic heterocycles. The molecule has 34 heavy (non-hydrogen) atoms. The van der Waals surface area contributed by atoms with Crippen molar-refractivity contribution in [1.29, 1.82) is 0 Å². The van der Waals surface area contributed by atoms with Crippen LogP contribution in [0.4, 0.5) is 11.4 Å². The highest BCUT2D eigenvalue weighted by molar-refractivity contribution is 7.90. The molecule has 0 aliphatic carbocycles. The number of sulfonamides is 1. The van der Waals surface area contributed by atoms with Gasteiger partial charge >= 0.3 is 0 Å². The summed E-state index contributed by atoms with van der Waals surface area (Å²) in [5, 5.41) is 10.6. The SMILES string of the molecule is CCCCCCCCCCC(C)S(=O)(=O)NN(C(=O)c1ccccc1)c1cc(Cl)c(N)cc1O. The topological polar surface area (TPSA) is 113 Å². The fourth-order valence-electron chi connectivity index (χ4n) is 3.59. The zero-order valence-corrected chi connectivity index (χ0v) is 21.5. The van der Waals surface area contributed by atoms with Crippen molar-refractivity contribution in [2.24, 2.45) is 0 Å². The number of hydrazine groups is 1. The van der Waals surface area contributed by atoms with Gasteiger partial charge in [-0.15, -0.1) is 4.83 Å². The van der Waals surface area contributed by atoms with Gasteiger partial charge in [0.2, 0.25) is 10.0 Å².